The summed E-state index contributed by atoms with van der Waals surface area (Å²) in [4.78, 5) is 27.2. The second-order valence-corrected chi connectivity index (χ2v) is 7.25. The Hall–Kier alpha value is -1.84. The van der Waals surface area contributed by atoms with Gasteiger partial charge in [0.1, 0.15) is 5.41 Å². The number of benzene rings is 1. The fourth-order valence-electron chi connectivity index (χ4n) is 2.87. The number of carbonyl (C=O) groups is 2. The first-order valence-corrected chi connectivity index (χ1v) is 8.52. The second kappa shape index (κ2) is 7.16. The van der Waals surface area contributed by atoms with E-state index in [4.69, 9.17) is 0 Å². The Bertz CT molecular complexity index is 578. The number of para-hydroxylation sites is 1. The van der Waals surface area contributed by atoms with Gasteiger partial charge in [-0.15, -0.1) is 0 Å². The van der Waals surface area contributed by atoms with Crippen LogP contribution < -0.4 is 10.2 Å². The van der Waals surface area contributed by atoms with Crippen LogP contribution in [0.5, 0.6) is 0 Å². The van der Waals surface area contributed by atoms with Crippen molar-refractivity contribution in [2.24, 2.45) is 11.3 Å². The quantitative estimate of drug-likeness (QED) is 0.848. The highest BCUT2D eigenvalue weighted by Crippen LogP contribution is 2.31. The minimum absolute atomic E-state index is 0.119. The Labute approximate surface area is 139 Å². The van der Waals surface area contributed by atoms with Gasteiger partial charge >= 0.3 is 0 Å². The zero-order chi connectivity index (χ0) is 17.0. The van der Waals surface area contributed by atoms with Gasteiger partial charge in [0.15, 0.2) is 0 Å². The first kappa shape index (κ1) is 17.5. The fourth-order valence-corrected chi connectivity index (χ4v) is 2.87. The number of hydrogen-bond donors (Lipinski definition) is 1. The maximum absolute atomic E-state index is 13.0. The fraction of sp³-hybridized carbons (Fsp3) is 0.579. The molecule has 0 aliphatic carbocycles. The molecule has 0 unspecified atom stereocenters. The van der Waals surface area contributed by atoms with Crippen molar-refractivity contribution in [2.75, 3.05) is 18.0 Å². The number of fused-ring (bicyclic) bond motifs is 1. The standard InChI is InChI=1S/C19H28N2O2/c1-14(2)11-12-20-17(22)19(3,4)18(23)21-13-7-9-15-8-5-6-10-16(15)21/h5-6,8,10,14H,7,9,11-13H2,1-4H3,(H,20,22). The van der Waals surface area contributed by atoms with Crippen LogP contribution in [0.1, 0.15) is 46.1 Å². The second-order valence-electron chi connectivity index (χ2n) is 7.25. The van der Waals surface area contributed by atoms with Crippen molar-refractivity contribution in [1.82, 2.24) is 5.32 Å². The minimum Gasteiger partial charge on any atom is -0.355 e. The molecular weight excluding hydrogens is 288 g/mol. The van der Waals surface area contributed by atoms with Crippen molar-refractivity contribution >= 4 is 17.5 Å². The molecule has 1 heterocycles. The minimum atomic E-state index is -1.05. The lowest BCUT2D eigenvalue weighted by molar-refractivity contribution is -0.139. The summed E-state index contributed by atoms with van der Waals surface area (Å²) in [7, 11) is 0. The predicted octanol–water partition coefficient (Wildman–Crippen LogP) is 3.15. The lowest BCUT2D eigenvalue weighted by Crippen LogP contribution is -2.51. The summed E-state index contributed by atoms with van der Waals surface area (Å²) in [5.41, 5.74) is 1.08. The Morgan fingerprint density at radius 2 is 1.96 bits per heavy atom. The van der Waals surface area contributed by atoms with E-state index in [-0.39, 0.29) is 11.8 Å². The van der Waals surface area contributed by atoms with Crippen molar-refractivity contribution in [3.05, 3.63) is 29.8 Å². The van der Waals surface area contributed by atoms with E-state index < -0.39 is 5.41 Å². The molecule has 0 radical (unpaired) electrons. The summed E-state index contributed by atoms with van der Waals surface area (Å²) < 4.78 is 0. The van der Waals surface area contributed by atoms with E-state index in [1.54, 1.807) is 18.7 Å². The summed E-state index contributed by atoms with van der Waals surface area (Å²) in [5.74, 6) is 0.223. The Balaban J connectivity index is 2.11. The highest BCUT2D eigenvalue weighted by Gasteiger charge is 2.40. The molecule has 4 nitrogen and oxygen atoms in total. The number of nitrogens with zero attached hydrogens (tertiary/aromatic N) is 1. The van der Waals surface area contributed by atoms with Gasteiger partial charge in [0.25, 0.3) is 0 Å². The summed E-state index contributed by atoms with van der Waals surface area (Å²) in [5, 5.41) is 2.91. The van der Waals surface area contributed by atoms with Gasteiger partial charge in [0.2, 0.25) is 11.8 Å². The normalized spacial score (nSPS) is 14.6. The molecule has 2 rings (SSSR count). The van der Waals surface area contributed by atoms with Gasteiger partial charge in [-0.25, -0.2) is 0 Å². The van der Waals surface area contributed by atoms with Crippen molar-refractivity contribution in [3.63, 3.8) is 0 Å². The number of aryl methyl sites for hydroxylation is 1. The van der Waals surface area contributed by atoms with Crippen LogP contribution in [0, 0.1) is 11.3 Å². The molecule has 0 aromatic heterocycles. The topological polar surface area (TPSA) is 49.4 Å². The van der Waals surface area contributed by atoms with Crippen LogP contribution in [0.4, 0.5) is 5.69 Å². The van der Waals surface area contributed by atoms with E-state index in [9.17, 15) is 9.59 Å². The molecule has 2 amide bonds. The molecule has 0 atom stereocenters. The average molecular weight is 316 g/mol. The summed E-state index contributed by atoms with van der Waals surface area (Å²) >= 11 is 0. The van der Waals surface area contributed by atoms with Crippen molar-refractivity contribution in [2.45, 2.75) is 47.0 Å². The lowest BCUT2D eigenvalue weighted by atomic mass is 9.88. The predicted molar refractivity (Wildman–Crippen MR) is 93.4 cm³/mol. The third-order valence-corrected chi connectivity index (χ3v) is 4.46. The summed E-state index contributed by atoms with van der Waals surface area (Å²) in [6.45, 7) is 8.97. The first-order chi connectivity index (χ1) is 10.8. The number of hydrogen-bond acceptors (Lipinski definition) is 2. The molecule has 0 fully saturated rings. The van der Waals surface area contributed by atoms with E-state index in [1.165, 1.54) is 5.56 Å². The number of amides is 2. The number of anilines is 1. The van der Waals surface area contributed by atoms with Crippen LogP contribution in [-0.2, 0) is 16.0 Å². The van der Waals surface area contributed by atoms with E-state index >= 15 is 0 Å². The number of rotatable bonds is 5. The molecule has 1 N–H and O–H groups in total. The smallest absolute Gasteiger partial charge is 0.242 e. The van der Waals surface area contributed by atoms with Crippen LogP contribution in [0.25, 0.3) is 0 Å². The summed E-state index contributed by atoms with van der Waals surface area (Å²) in [6.07, 6.45) is 2.84. The molecule has 126 valence electrons. The first-order valence-electron chi connectivity index (χ1n) is 8.52. The van der Waals surface area contributed by atoms with E-state index in [1.807, 2.05) is 18.2 Å². The largest absolute Gasteiger partial charge is 0.355 e. The molecule has 1 aromatic rings. The van der Waals surface area contributed by atoms with Gasteiger partial charge in [-0.3, -0.25) is 9.59 Å². The van der Waals surface area contributed by atoms with Crippen LogP contribution >= 0.6 is 0 Å². The molecule has 1 aliphatic rings. The van der Waals surface area contributed by atoms with Crippen LogP contribution in [0.15, 0.2) is 24.3 Å². The highest BCUT2D eigenvalue weighted by molar-refractivity contribution is 6.11. The molecule has 0 saturated heterocycles. The van der Waals surface area contributed by atoms with E-state index in [0.29, 0.717) is 19.0 Å². The van der Waals surface area contributed by atoms with E-state index in [0.717, 1.165) is 24.9 Å². The maximum atomic E-state index is 13.0. The lowest BCUT2D eigenvalue weighted by Gasteiger charge is -2.35. The highest BCUT2D eigenvalue weighted by atomic mass is 16.2. The zero-order valence-corrected chi connectivity index (χ0v) is 14.7. The van der Waals surface area contributed by atoms with E-state index in [2.05, 4.69) is 25.2 Å². The number of carbonyl (C=O) groups excluding carboxylic acids is 2. The van der Waals surface area contributed by atoms with Gasteiger partial charge in [0, 0.05) is 18.8 Å². The SMILES string of the molecule is CC(C)CCNC(=O)C(C)(C)C(=O)N1CCCc2ccccc21. The van der Waals surface area contributed by atoms with Gasteiger partial charge in [-0.05, 0) is 50.7 Å². The van der Waals surface area contributed by atoms with Gasteiger partial charge in [-0.2, -0.15) is 0 Å². The third kappa shape index (κ3) is 3.92. The van der Waals surface area contributed by atoms with Gasteiger partial charge in [-0.1, -0.05) is 32.0 Å². The van der Waals surface area contributed by atoms with Gasteiger partial charge in [0.05, 0.1) is 0 Å². The monoisotopic (exact) mass is 316 g/mol. The molecule has 1 aromatic carbocycles. The molecule has 0 bridgehead atoms. The molecule has 4 heteroatoms. The third-order valence-electron chi connectivity index (χ3n) is 4.46. The van der Waals surface area contributed by atoms with Crippen molar-refractivity contribution in [3.8, 4) is 0 Å². The van der Waals surface area contributed by atoms with Crippen molar-refractivity contribution in [1.29, 1.82) is 0 Å². The molecular formula is C19H28N2O2. The summed E-state index contributed by atoms with van der Waals surface area (Å²) in [6, 6.07) is 7.97. The van der Waals surface area contributed by atoms with Crippen LogP contribution in [0.3, 0.4) is 0 Å². The van der Waals surface area contributed by atoms with Crippen LogP contribution in [-0.4, -0.2) is 24.9 Å². The average Bonchev–Trinajstić information content (AvgIpc) is 2.53. The Morgan fingerprint density at radius 3 is 2.65 bits per heavy atom. The van der Waals surface area contributed by atoms with Crippen molar-refractivity contribution < 1.29 is 9.59 Å². The Morgan fingerprint density at radius 1 is 1.26 bits per heavy atom. The molecule has 23 heavy (non-hydrogen) atoms. The Kier molecular flexibility index (Phi) is 5.45. The van der Waals surface area contributed by atoms with Gasteiger partial charge < -0.3 is 10.2 Å². The molecule has 1 aliphatic heterocycles. The van der Waals surface area contributed by atoms with Crippen LogP contribution in [0.2, 0.25) is 0 Å². The maximum Gasteiger partial charge on any atom is 0.242 e. The molecule has 0 spiro atoms. The zero-order valence-electron chi connectivity index (χ0n) is 14.7. The number of nitrogens with one attached hydrogen (secondary N) is 1. The molecule has 0 saturated carbocycles.